The minimum atomic E-state index is -0.115. The molecule has 4 aliphatic carbocycles. The van der Waals surface area contributed by atoms with Gasteiger partial charge in [0.2, 0.25) is 5.91 Å². The second kappa shape index (κ2) is 8.00. The number of nitrogens with zero attached hydrogens (tertiary/aromatic N) is 1. The van der Waals surface area contributed by atoms with E-state index in [1.807, 2.05) is 0 Å². The predicted octanol–water partition coefficient (Wildman–Crippen LogP) is 5.12. The Kier molecular flexibility index (Phi) is 5.89. The number of carbonyl (C=O) groups is 1. The number of aliphatic hydroxyl groups excluding tert-OH is 1. The summed E-state index contributed by atoms with van der Waals surface area (Å²) >= 11 is 0. The van der Waals surface area contributed by atoms with Gasteiger partial charge in [0.25, 0.3) is 0 Å². The molecular weight excluding hydrogens is 362 g/mol. The van der Waals surface area contributed by atoms with Gasteiger partial charge in [0.1, 0.15) is 0 Å². The second-order valence-corrected chi connectivity index (χ2v) is 10.9. The van der Waals surface area contributed by atoms with Gasteiger partial charge in [-0.05, 0) is 98.7 Å². The lowest BCUT2D eigenvalue weighted by Crippen LogP contribution is -2.50. The number of aliphatic hydroxyl groups is 1. The van der Waals surface area contributed by atoms with Gasteiger partial charge in [-0.25, -0.2) is 5.06 Å². The summed E-state index contributed by atoms with van der Waals surface area (Å²) in [6.07, 6.45) is 14.9. The first-order valence-electron chi connectivity index (χ1n) is 12.0. The molecule has 3 fully saturated rings. The van der Waals surface area contributed by atoms with Crippen molar-refractivity contribution < 1.29 is 14.7 Å². The summed E-state index contributed by atoms with van der Waals surface area (Å²) in [5, 5.41) is 11.5. The molecule has 7 atom stereocenters. The average molecular weight is 404 g/mol. The molecule has 0 saturated heterocycles. The predicted molar refractivity (Wildman–Crippen MR) is 115 cm³/mol. The van der Waals surface area contributed by atoms with Crippen LogP contribution in [-0.2, 0) is 9.63 Å². The fourth-order valence-corrected chi connectivity index (χ4v) is 7.98. The van der Waals surface area contributed by atoms with Crippen LogP contribution in [0.5, 0.6) is 0 Å². The highest BCUT2D eigenvalue weighted by atomic mass is 16.7. The average Bonchev–Trinajstić information content (AvgIpc) is 3.04. The molecule has 29 heavy (non-hydrogen) atoms. The molecule has 0 radical (unpaired) electrons. The molecule has 0 aromatic carbocycles. The Balaban J connectivity index is 1.43. The first-order chi connectivity index (χ1) is 13.8. The monoisotopic (exact) mass is 403 g/mol. The maximum atomic E-state index is 12.1. The highest BCUT2D eigenvalue weighted by Crippen LogP contribution is 2.66. The second-order valence-electron chi connectivity index (χ2n) is 10.9. The van der Waals surface area contributed by atoms with Crippen LogP contribution < -0.4 is 0 Å². The van der Waals surface area contributed by atoms with Gasteiger partial charge in [0.15, 0.2) is 0 Å². The summed E-state index contributed by atoms with van der Waals surface area (Å²) in [6.45, 7) is 5.08. The molecule has 0 aromatic rings. The van der Waals surface area contributed by atoms with Crippen molar-refractivity contribution in [3.63, 3.8) is 0 Å². The summed E-state index contributed by atoms with van der Waals surface area (Å²) in [4.78, 5) is 17.1. The highest BCUT2D eigenvalue weighted by Gasteiger charge is 2.58. The van der Waals surface area contributed by atoms with E-state index < -0.39 is 0 Å². The standard InChI is InChI=1S/C25H41NO3/c1-24-15-13-22-20(10-8-18-16-19(27)12-14-25(18,22)2)21(24)11-9-17(24)6-5-7-23(28)26(3)29-4/h8,17,19-22,27H,5-7,9-16H2,1-4H3/t17-,19-,20-,21-,22-,24+,25-/m0/s1. The number of fused-ring (bicyclic) bond motifs is 5. The van der Waals surface area contributed by atoms with Crippen molar-refractivity contribution in [3.8, 4) is 0 Å². The Hall–Kier alpha value is -0.870. The Bertz CT molecular complexity index is 660. The molecule has 0 unspecified atom stereocenters. The number of carbonyl (C=O) groups excluding carboxylic acids is 1. The maximum Gasteiger partial charge on any atom is 0.245 e. The van der Waals surface area contributed by atoms with Crippen molar-refractivity contribution in [2.45, 2.75) is 90.6 Å². The SMILES string of the molecule is CON(C)C(=O)CCC[C@H]1CC[C@H]2[C@@H]3CC=C4C[C@@H](O)CC[C@]4(C)[C@H]3CC[C@]12C. The number of rotatable bonds is 5. The minimum Gasteiger partial charge on any atom is -0.393 e. The number of hydrogen-bond acceptors (Lipinski definition) is 3. The Morgan fingerprint density at radius 1 is 1.21 bits per heavy atom. The molecule has 0 bridgehead atoms. The molecule has 0 aliphatic heterocycles. The topological polar surface area (TPSA) is 49.8 Å². The van der Waals surface area contributed by atoms with Crippen LogP contribution in [0.4, 0.5) is 0 Å². The zero-order valence-corrected chi connectivity index (χ0v) is 19.0. The zero-order chi connectivity index (χ0) is 20.8. The fraction of sp³-hybridized carbons (Fsp3) is 0.880. The van der Waals surface area contributed by atoms with E-state index in [2.05, 4.69) is 19.9 Å². The first-order valence-corrected chi connectivity index (χ1v) is 12.0. The Morgan fingerprint density at radius 3 is 2.76 bits per heavy atom. The van der Waals surface area contributed by atoms with E-state index in [9.17, 15) is 9.90 Å². The summed E-state index contributed by atoms with van der Waals surface area (Å²) in [5.41, 5.74) is 2.35. The maximum absolute atomic E-state index is 12.1. The van der Waals surface area contributed by atoms with Crippen LogP contribution in [0.15, 0.2) is 11.6 Å². The summed E-state index contributed by atoms with van der Waals surface area (Å²) in [7, 11) is 3.25. The van der Waals surface area contributed by atoms with E-state index in [1.54, 1.807) is 19.7 Å². The summed E-state index contributed by atoms with van der Waals surface area (Å²) in [5.74, 6) is 3.33. The molecule has 0 spiro atoms. The fourth-order valence-electron chi connectivity index (χ4n) is 7.98. The van der Waals surface area contributed by atoms with E-state index >= 15 is 0 Å². The van der Waals surface area contributed by atoms with Crippen LogP contribution in [0.2, 0.25) is 0 Å². The molecule has 4 nitrogen and oxygen atoms in total. The normalized spacial score (nSPS) is 43.8. The lowest BCUT2D eigenvalue weighted by atomic mass is 9.47. The molecule has 4 aliphatic rings. The molecule has 0 aromatic heterocycles. The third kappa shape index (κ3) is 3.59. The van der Waals surface area contributed by atoms with Crippen LogP contribution >= 0.6 is 0 Å². The lowest BCUT2D eigenvalue weighted by molar-refractivity contribution is -0.168. The smallest absolute Gasteiger partial charge is 0.245 e. The van der Waals surface area contributed by atoms with Crippen molar-refractivity contribution in [2.24, 2.45) is 34.5 Å². The Labute approximate surface area is 177 Å². The molecule has 1 amide bonds. The quantitative estimate of drug-likeness (QED) is 0.512. The Morgan fingerprint density at radius 2 is 2.00 bits per heavy atom. The largest absolute Gasteiger partial charge is 0.393 e. The minimum absolute atomic E-state index is 0.0910. The first kappa shape index (κ1) is 21.4. The van der Waals surface area contributed by atoms with Gasteiger partial charge in [-0.15, -0.1) is 0 Å². The highest BCUT2D eigenvalue weighted by molar-refractivity contribution is 5.74. The van der Waals surface area contributed by atoms with Gasteiger partial charge in [0.05, 0.1) is 13.2 Å². The van der Waals surface area contributed by atoms with Gasteiger partial charge >= 0.3 is 0 Å². The molecule has 4 rings (SSSR count). The van der Waals surface area contributed by atoms with Crippen molar-refractivity contribution >= 4 is 5.91 Å². The number of hydrogen-bond donors (Lipinski definition) is 1. The van der Waals surface area contributed by atoms with Crippen LogP contribution in [0.3, 0.4) is 0 Å². The van der Waals surface area contributed by atoms with Crippen molar-refractivity contribution in [1.82, 2.24) is 5.06 Å². The molecule has 4 heteroatoms. The number of hydroxylamine groups is 2. The van der Waals surface area contributed by atoms with Gasteiger partial charge in [-0.2, -0.15) is 0 Å². The van der Waals surface area contributed by atoms with E-state index in [-0.39, 0.29) is 12.0 Å². The molecule has 3 saturated carbocycles. The third-order valence-corrected chi connectivity index (χ3v) is 9.84. The van der Waals surface area contributed by atoms with Crippen molar-refractivity contribution in [2.75, 3.05) is 14.2 Å². The molecule has 1 N–H and O–H groups in total. The zero-order valence-electron chi connectivity index (χ0n) is 19.0. The lowest BCUT2D eigenvalue weighted by Gasteiger charge is -2.58. The number of allylic oxidation sites excluding steroid dienone is 1. The third-order valence-electron chi connectivity index (χ3n) is 9.84. The summed E-state index contributed by atoms with van der Waals surface area (Å²) < 4.78 is 0. The van der Waals surface area contributed by atoms with Crippen LogP contribution in [-0.4, -0.2) is 36.3 Å². The van der Waals surface area contributed by atoms with Crippen LogP contribution in [0, 0.1) is 34.5 Å². The molecular formula is C25H41NO3. The van der Waals surface area contributed by atoms with Crippen LogP contribution in [0.1, 0.15) is 84.5 Å². The van der Waals surface area contributed by atoms with E-state index in [4.69, 9.17) is 4.84 Å². The van der Waals surface area contributed by atoms with E-state index in [0.717, 1.165) is 42.9 Å². The van der Waals surface area contributed by atoms with Crippen LogP contribution in [0.25, 0.3) is 0 Å². The summed E-state index contributed by atoms with van der Waals surface area (Å²) in [6, 6.07) is 0. The van der Waals surface area contributed by atoms with Crippen molar-refractivity contribution in [3.05, 3.63) is 11.6 Å². The number of amides is 1. The van der Waals surface area contributed by atoms with Crippen molar-refractivity contribution in [1.29, 1.82) is 0 Å². The van der Waals surface area contributed by atoms with Gasteiger partial charge < -0.3 is 5.11 Å². The van der Waals surface area contributed by atoms with E-state index in [0.29, 0.717) is 17.3 Å². The molecule has 0 heterocycles. The van der Waals surface area contributed by atoms with Gasteiger partial charge in [-0.3, -0.25) is 9.63 Å². The molecule has 164 valence electrons. The van der Waals surface area contributed by atoms with Gasteiger partial charge in [0, 0.05) is 13.5 Å². The van der Waals surface area contributed by atoms with Gasteiger partial charge in [-0.1, -0.05) is 25.5 Å². The van der Waals surface area contributed by atoms with E-state index in [1.165, 1.54) is 50.0 Å².